The number of hydrogen-bond donors (Lipinski definition) is 1. The molecule has 0 spiro atoms. The van der Waals surface area contributed by atoms with E-state index >= 15 is 0 Å². The van der Waals surface area contributed by atoms with Crippen LogP contribution in [0.15, 0.2) is 43.0 Å². The third kappa shape index (κ3) is 4.80. The predicted molar refractivity (Wildman–Crippen MR) is 79.9 cm³/mol. The van der Waals surface area contributed by atoms with Crippen molar-refractivity contribution in [3.05, 3.63) is 60.2 Å². The zero-order chi connectivity index (χ0) is 15.8. The molecule has 0 aliphatic carbocycles. The summed E-state index contributed by atoms with van der Waals surface area (Å²) in [6.07, 6.45) is 9.33. The quantitative estimate of drug-likeness (QED) is 0.631. The first kappa shape index (κ1) is 15.9. The Morgan fingerprint density at radius 3 is 2.73 bits per heavy atom. The minimum atomic E-state index is -0.690. The van der Waals surface area contributed by atoms with Crippen LogP contribution in [0.5, 0.6) is 0 Å². The van der Waals surface area contributed by atoms with Gasteiger partial charge in [0.2, 0.25) is 5.91 Å². The molecule has 0 radical (unpaired) electrons. The van der Waals surface area contributed by atoms with Gasteiger partial charge in [-0.1, -0.05) is 6.07 Å². The highest BCUT2D eigenvalue weighted by atomic mass is 19.1. The van der Waals surface area contributed by atoms with Gasteiger partial charge in [-0.25, -0.2) is 13.8 Å². The molecule has 0 atom stereocenters. The van der Waals surface area contributed by atoms with Gasteiger partial charge in [-0.3, -0.25) is 4.79 Å². The number of carbonyl (C=O) groups excluding carboxylic acids is 1. The first-order valence-electron chi connectivity index (χ1n) is 7.02. The van der Waals surface area contributed by atoms with Gasteiger partial charge >= 0.3 is 0 Å². The van der Waals surface area contributed by atoms with Gasteiger partial charge in [-0.15, -0.1) is 0 Å². The van der Waals surface area contributed by atoms with E-state index in [2.05, 4.69) is 10.3 Å². The van der Waals surface area contributed by atoms with Crippen molar-refractivity contribution in [2.24, 2.45) is 0 Å². The average Bonchev–Trinajstić information content (AvgIpc) is 2.99. The second-order valence-corrected chi connectivity index (χ2v) is 4.77. The summed E-state index contributed by atoms with van der Waals surface area (Å²) in [7, 11) is 0. The Bertz CT molecular complexity index is 619. The molecule has 1 aromatic heterocycles. The molecule has 1 heterocycles. The fourth-order valence-corrected chi connectivity index (χ4v) is 1.94. The summed E-state index contributed by atoms with van der Waals surface area (Å²) >= 11 is 0. The van der Waals surface area contributed by atoms with Gasteiger partial charge in [-0.2, -0.15) is 0 Å². The molecule has 116 valence electrons. The second kappa shape index (κ2) is 8.07. The van der Waals surface area contributed by atoms with Crippen LogP contribution in [-0.4, -0.2) is 22.0 Å². The van der Waals surface area contributed by atoms with Gasteiger partial charge in [0.05, 0.1) is 6.33 Å². The third-order valence-electron chi connectivity index (χ3n) is 3.10. The lowest BCUT2D eigenvalue weighted by Gasteiger charge is -2.03. The minimum absolute atomic E-state index is 0.210. The van der Waals surface area contributed by atoms with Crippen molar-refractivity contribution in [2.45, 2.75) is 19.4 Å². The summed E-state index contributed by atoms with van der Waals surface area (Å²) in [5.74, 6) is -1.75. The van der Waals surface area contributed by atoms with E-state index in [-0.39, 0.29) is 11.5 Å². The highest BCUT2D eigenvalue weighted by Gasteiger charge is 2.05. The standard InChI is InChI=1S/C16H17F2N3O/c17-14-4-3-5-15(18)13(14)6-7-16(22)20-8-1-2-10-21-11-9-19-12-21/h3-7,9,11-12H,1-2,8,10H2,(H,20,22). The van der Waals surface area contributed by atoms with Gasteiger partial charge < -0.3 is 9.88 Å². The van der Waals surface area contributed by atoms with Crippen LogP contribution in [0.1, 0.15) is 18.4 Å². The number of imidazole rings is 1. The maximum atomic E-state index is 13.4. The first-order valence-corrected chi connectivity index (χ1v) is 7.02. The van der Waals surface area contributed by atoms with E-state index in [1.54, 1.807) is 12.5 Å². The number of nitrogens with one attached hydrogen (secondary N) is 1. The molecular formula is C16H17F2N3O. The van der Waals surface area contributed by atoms with Gasteiger partial charge in [-0.05, 0) is 31.1 Å². The minimum Gasteiger partial charge on any atom is -0.353 e. The number of aromatic nitrogens is 2. The van der Waals surface area contributed by atoms with Crippen molar-refractivity contribution in [1.29, 1.82) is 0 Å². The van der Waals surface area contributed by atoms with Crippen molar-refractivity contribution in [2.75, 3.05) is 6.54 Å². The number of benzene rings is 1. The highest BCUT2D eigenvalue weighted by Crippen LogP contribution is 2.13. The Morgan fingerprint density at radius 1 is 1.27 bits per heavy atom. The van der Waals surface area contributed by atoms with E-state index in [0.29, 0.717) is 6.54 Å². The molecule has 0 aliphatic rings. The lowest BCUT2D eigenvalue weighted by Crippen LogP contribution is -2.22. The highest BCUT2D eigenvalue weighted by molar-refractivity contribution is 5.91. The van der Waals surface area contributed by atoms with E-state index in [4.69, 9.17) is 0 Å². The summed E-state index contributed by atoms with van der Waals surface area (Å²) in [5.41, 5.74) is -0.210. The molecule has 6 heteroatoms. The van der Waals surface area contributed by atoms with E-state index < -0.39 is 11.6 Å². The van der Waals surface area contributed by atoms with Crippen LogP contribution in [0.4, 0.5) is 8.78 Å². The van der Waals surface area contributed by atoms with Crippen LogP contribution < -0.4 is 5.32 Å². The van der Waals surface area contributed by atoms with Gasteiger partial charge in [0, 0.05) is 37.1 Å². The number of rotatable bonds is 7. The summed E-state index contributed by atoms with van der Waals surface area (Å²) in [6.45, 7) is 1.35. The number of amides is 1. The molecule has 0 bridgehead atoms. The molecule has 22 heavy (non-hydrogen) atoms. The predicted octanol–water partition coefficient (Wildman–Crippen LogP) is 2.77. The molecule has 4 nitrogen and oxygen atoms in total. The topological polar surface area (TPSA) is 46.9 Å². The molecule has 0 unspecified atom stereocenters. The zero-order valence-corrected chi connectivity index (χ0v) is 12.0. The fraction of sp³-hybridized carbons (Fsp3) is 0.250. The van der Waals surface area contributed by atoms with Crippen molar-refractivity contribution in [3.63, 3.8) is 0 Å². The smallest absolute Gasteiger partial charge is 0.244 e. The average molecular weight is 305 g/mol. The van der Waals surface area contributed by atoms with Gasteiger partial charge in [0.25, 0.3) is 0 Å². The summed E-state index contributed by atoms with van der Waals surface area (Å²) in [6, 6.07) is 3.58. The Labute approximate surface area is 127 Å². The molecule has 0 saturated heterocycles. The Kier molecular flexibility index (Phi) is 5.82. The molecule has 0 aliphatic heterocycles. The Balaban J connectivity index is 1.70. The van der Waals surface area contributed by atoms with E-state index in [1.807, 2.05) is 10.8 Å². The van der Waals surface area contributed by atoms with Crippen molar-refractivity contribution >= 4 is 12.0 Å². The summed E-state index contributed by atoms with van der Waals surface area (Å²) in [5, 5.41) is 2.68. The first-order chi connectivity index (χ1) is 10.7. The van der Waals surface area contributed by atoms with E-state index in [0.717, 1.165) is 43.7 Å². The van der Waals surface area contributed by atoms with E-state index in [1.165, 1.54) is 6.07 Å². The van der Waals surface area contributed by atoms with Crippen molar-refractivity contribution in [3.8, 4) is 0 Å². The molecule has 2 aromatic rings. The molecular weight excluding hydrogens is 288 g/mol. The molecule has 0 saturated carbocycles. The van der Waals surface area contributed by atoms with Crippen molar-refractivity contribution < 1.29 is 13.6 Å². The Morgan fingerprint density at radius 2 is 2.05 bits per heavy atom. The fourth-order valence-electron chi connectivity index (χ4n) is 1.94. The van der Waals surface area contributed by atoms with Crippen LogP contribution >= 0.6 is 0 Å². The van der Waals surface area contributed by atoms with Gasteiger partial charge in [0.1, 0.15) is 11.6 Å². The maximum absolute atomic E-state index is 13.4. The monoisotopic (exact) mass is 305 g/mol. The van der Waals surface area contributed by atoms with Crippen LogP contribution in [0.2, 0.25) is 0 Å². The second-order valence-electron chi connectivity index (χ2n) is 4.77. The number of halogens is 2. The lowest BCUT2D eigenvalue weighted by atomic mass is 10.2. The number of carbonyl (C=O) groups is 1. The van der Waals surface area contributed by atoms with Crippen LogP contribution in [-0.2, 0) is 11.3 Å². The maximum Gasteiger partial charge on any atom is 0.244 e. The Hall–Kier alpha value is -2.50. The number of hydrogen-bond acceptors (Lipinski definition) is 2. The number of unbranched alkanes of at least 4 members (excludes halogenated alkanes) is 1. The van der Waals surface area contributed by atoms with Crippen LogP contribution in [0, 0.1) is 11.6 Å². The summed E-state index contributed by atoms with van der Waals surface area (Å²) < 4.78 is 28.7. The largest absolute Gasteiger partial charge is 0.353 e. The molecule has 1 N–H and O–H groups in total. The summed E-state index contributed by atoms with van der Waals surface area (Å²) in [4.78, 5) is 15.5. The SMILES string of the molecule is O=C(C=Cc1c(F)cccc1F)NCCCCn1ccnc1. The third-order valence-corrected chi connectivity index (χ3v) is 3.10. The molecule has 0 fully saturated rings. The number of aryl methyl sites for hydroxylation is 1. The normalized spacial score (nSPS) is 11.0. The molecule has 1 amide bonds. The molecule has 2 rings (SSSR count). The van der Waals surface area contributed by atoms with E-state index in [9.17, 15) is 13.6 Å². The van der Waals surface area contributed by atoms with Crippen molar-refractivity contribution in [1.82, 2.24) is 14.9 Å². The van der Waals surface area contributed by atoms with Crippen LogP contribution in [0.25, 0.3) is 6.08 Å². The molecule has 1 aromatic carbocycles. The van der Waals surface area contributed by atoms with Crippen LogP contribution in [0.3, 0.4) is 0 Å². The lowest BCUT2D eigenvalue weighted by molar-refractivity contribution is -0.116. The zero-order valence-electron chi connectivity index (χ0n) is 12.0. The number of nitrogens with zero attached hydrogens (tertiary/aromatic N) is 2. The van der Waals surface area contributed by atoms with Gasteiger partial charge in [0.15, 0.2) is 0 Å².